The van der Waals surface area contributed by atoms with Gasteiger partial charge in [0, 0.05) is 6.20 Å². The number of amides is 1. The molecule has 1 aromatic heterocycles. The lowest BCUT2D eigenvalue weighted by Gasteiger charge is -2.07. The number of nitrogens with zero attached hydrogens (tertiary/aromatic N) is 2. The number of aromatic nitrogens is 2. The van der Waals surface area contributed by atoms with Gasteiger partial charge in [-0.15, -0.1) is 0 Å². The van der Waals surface area contributed by atoms with Gasteiger partial charge in [0.25, 0.3) is 5.91 Å². The standard InChI is InChI=1S/C16H12FN3O2/c17-11-1-5-13(6-2-11)22-14-7-3-12(4-8-14)20-10-9-15(19-20)16(18)21/h1-10H,(H2,18,21). The minimum atomic E-state index is -0.574. The van der Waals surface area contributed by atoms with Crippen molar-refractivity contribution in [2.24, 2.45) is 5.73 Å². The van der Waals surface area contributed by atoms with E-state index in [0.717, 1.165) is 5.69 Å². The van der Waals surface area contributed by atoms with Crippen LogP contribution >= 0.6 is 0 Å². The molecule has 0 atom stereocenters. The maximum atomic E-state index is 12.8. The molecule has 0 fully saturated rings. The van der Waals surface area contributed by atoms with Crippen molar-refractivity contribution in [2.45, 2.75) is 0 Å². The summed E-state index contributed by atoms with van der Waals surface area (Å²) >= 11 is 0. The van der Waals surface area contributed by atoms with Crippen molar-refractivity contribution in [3.05, 3.63) is 72.3 Å². The number of rotatable bonds is 4. The number of carbonyl (C=O) groups excluding carboxylic acids is 1. The summed E-state index contributed by atoms with van der Waals surface area (Å²) < 4.78 is 20.0. The molecule has 0 aliphatic heterocycles. The SMILES string of the molecule is NC(=O)c1ccn(-c2ccc(Oc3ccc(F)cc3)cc2)n1. The first-order valence-corrected chi connectivity index (χ1v) is 6.51. The van der Waals surface area contributed by atoms with Crippen molar-refractivity contribution >= 4 is 5.91 Å². The number of nitrogens with two attached hydrogens (primary N) is 1. The third-order valence-electron chi connectivity index (χ3n) is 2.99. The molecule has 2 N–H and O–H groups in total. The van der Waals surface area contributed by atoms with Crippen LogP contribution in [0.3, 0.4) is 0 Å². The molecule has 0 unspecified atom stereocenters. The molecule has 2 aromatic carbocycles. The number of halogens is 1. The Morgan fingerprint density at radius 2 is 1.59 bits per heavy atom. The van der Waals surface area contributed by atoms with Gasteiger partial charge in [-0.1, -0.05) is 0 Å². The predicted molar refractivity (Wildman–Crippen MR) is 78.6 cm³/mol. The van der Waals surface area contributed by atoms with Crippen LogP contribution in [0.1, 0.15) is 10.5 Å². The summed E-state index contributed by atoms with van der Waals surface area (Å²) in [6, 6.07) is 14.4. The Morgan fingerprint density at radius 1 is 1.00 bits per heavy atom. The summed E-state index contributed by atoms with van der Waals surface area (Å²) in [5.41, 5.74) is 6.13. The molecular weight excluding hydrogens is 285 g/mol. The van der Waals surface area contributed by atoms with Gasteiger partial charge in [-0.05, 0) is 54.6 Å². The summed E-state index contributed by atoms with van der Waals surface area (Å²) in [7, 11) is 0. The third kappa shape index (κ3) is 2.95. The molecule has 0 spiro atoms. The molecule has 0 saturated carbocycles. The van der Waals surface area contributed by atoms with E-state index in [9.17, 15) is 9.18 Å². The topological polar surface area (TPSA) is 70.1 Å². The monoisotopic (exact) mass is 297 g/mol. The Labute approximate surface area is 125 Å². The average molecular weight is 297 g/mol. The highest BCUT2D eigenvalue weighted by Crippen LogP contribution is 2.22. The molecule has 5 nitrogen and oxygen atoms in total. The van der Waals surface area contributed by atoms with Crippen molar-refractivity contribution in [1.29, 1.82) is 0 Å². The van der Waals surface area contributed by atoms with Gasteiger partial charge in [0.2, 0.25) is 0 Å². The summed E-state index contributed by atoms with van der Waals surface area (Å²) in [5, 5.41) is 4.06. The van der Waals surface area contributed by atoms with E-state index in [4.69, 9.17) is 10.5 Å². The summed E-state index contributed by atoms with van der Waals surface area (Å²) in [5.74, 6) is 0.267. The number of carbonyl (C=O) groups is 1. The van der Waals surface area contributed by atoms with Crippen LogP contribution in [0.15, 0.2) is 60.8 Å². The van der Waals surface area contributed by atoms with Crippen molar-refractivity contribution < 1.29 is 13.9 Å². The Balaban J connectivity index is 1.77. The Morgan fingerprint density at radius 3 is 2.14 bits per heavy atom. The lowest BCUT2D eigenvalue weighted by Crippen LogP contribution is -2.12. The fourth-order valence-corrected chi connectivity index (χ4v) is 1.90. The number of hydrogen-bond acceptors (Lipinski definition) is 3. The van der Waals surface area contributed by atoms with Crippen LogP contribution in [0, 0.1) is 5.82 Å². The normalized spacial score (nSPS) is 10.4. The van der Waals surface area contributed by atoms with Gasteiger partial charge < -0.3 is 10.5 Å². The first-order chi connectivity index (χ1) is 10.6. The number of primary amides is 1. The van der Waals surface area contributed by atoms with E-state index in [-0.39, 0.29) is 11.5 Å². The Hall–Kier alpha value is -3.15. The summed E-state index contributed by atoms with van der Waals surface area (Å²) in [6.45, 7) is 0. The molecular formula is C16H12FN3O2. The molecule has 1 amide bonds. The average Bonchev–Trinajstić information content (AvgIpc) is 3.00. The van der Waals surface area contributed by atoms with Gasteiger partial charge in [0.15, 0.2) is 0 Å². The maximum Gasteiger partial charge on any atom is 0.269 e. The van der Waals surface area contributed by atoms with Crippen LogP contribution in [0.25, 0.3) is 5.69 Å². The number of benzene rings is 2. The van der Waals surface area contributed by atoms with Gasteiger partial charge in [0.05, 0.1) is 5.69 Å². The van der Waals surface area contributed by atoms with Gasteiger partial charge in [-0.2, -0.15) is 5.10 Å². The van der Waals surface area contributed by atoms with Crippen molar-refractivity contribution in [1.82, 2.24) is 9.78 Å². The van der Waals surface area contributed by atoms with Crippen molar-refractivity contribution in [2.75, 3.05) is 0 Å². The lowest BCUT2D eigenvalue weighted by molar-refractivity contribution is 0.0995. The van der Waals surface area contributed by atoms with Crippen LogP contribution in [-0.4, -0.2) is 15.7 Å². The minimum Gasteiger partial charge on any atom is -0.457 e. The van der Waals surface area contributed by atoms with Gasteiger partial charge >= 0.3 is 0 Å². The van der Waals surface area contributed by atoms with E-state index in [0.29, 0.717) is 11.5 Å². The molecule has 110 valence electrons. The third-order valence-corrected chi connectivity index (χ3v) is 2.99. The van der Waals surface area contributed by atoms with Gasteiger partial charge in [-0.25, -0.2) is 9.07 Å². The fraction of sp³-hybridized carbons (Fsp3) is 0. The van der Waals surface area contributed by atoms with Crippen LogP contribution < -0.4 is 10.5 Å². The van der Waals surface area contributed by atoms with Crippen LogP contribution in [-0.2, 0) is 0 Å². The first kappa shape index (κ1) is 13.8. The van der Waals surface area contributed by atoms with Gasteiger partial charge in [0.1, 0.15) is 23.0 Å². The smallest absolute Gasteiger partial charge is 0.269 e. The second kappa shape index (κ2) is 5.69. The first-order valence-electron chi connectivity index (χ1n) is 6.51. The van der Waals surface area contributed by atoms with Crippen LogP contribution in [0.5, 0.6) is 11.5 Å². The Kier molecular flexibility index (Phi) is 3.57. The molecule has 0 aliphatic carbocycles. The lowest BCUT2D eigenvalue weighted by atomic mass is 10.3. The van der Waals surface area contributed by atoms with E-state index in [1.165, 1.54) is 12.1 Å². The molecule has 1 heterocycles. The van der Waals surface area contributed by atoms with Crippen LogP contribution in [0.2, 0.25) is 0 Å². The molecule has 0 radical (unpaired) electrons. The highest BCUT2D eigenvalue weighted by atomic mass is 19.1. The van der Waals surface area contributed by atoms with E-state index in [2.05, 4.69) is 5.10 Å². The second-order valence-electron chi connectivity index (χ2n) is 4.56. The van der Waals surface area contributed by atoms with Gasteiger partial charge in [-0.3, -0.25) is 4.79 Å². The predicted octanol–water partition coefficient (Wildman–Crippen LogP) is 2.90. The van der Waals surface area contributed by atoms with E-state index in [1.54, 1.807) is 53.3 Å². The number of ether oxygens (including phenoxy) is 1. The molecule has 0 saturated heterocycles. The van der Waals surface area contributed by atoms with E-state index in [1.807, 2.05) is 0 Å². The maximum absolute atomic E-state index is 12.8. The zero-order valence-electron chi connectivity index (χ0n) is 11.4. The van der Waals surface area contributed by atoms with Crippen LogP contribution in [0.4, 0.5) is 4.39 Å². The van der Waals surface area contributed by atoms with E-state index >= 15 is 0 Å². The molecule has 0 bridgehead atoms. The quantitative estimate of drug-likeness (QED) is 0.805. The number of hydrogen-bond donors (Lipinski definition) is 1. The molecule has 22 heavy (non-hydrogen) atoms. The fourth-order valence-electron chi connectivity index (χ4n) is 1.90. The summed E-state index contributed by atoms with van der Waals surface area (Å²) in [4.78, 5) is 11.0. The van der Waals surface area contributed by atoms with Crippen molar-refractivity contribution in [3.63, 3.8) is 0 Å². The Bertz CT molecular complexity index is 795. The second-order valence-corrected chi connectivity index (χ2v) is 4.56. The molecule has 0 aliphatic rings. The summed E-state index contributed by atoms with van der Waals surface area (Å²) in [6.07, 6.45) is 1.65. The minimum absolute atomic E-state index is 0.201. The zero-order chi connectivity index (χ0) is 15.5. The largest absolute Gasteiger partial charge is 0.457 e. The molecule has 3 rings (SSSR count). The highest BCUT2D eigenvalue weighted by Gasteiger charge is 2.06. The van der Waals surface area contributed by atoms with E-state index < -0.39 is 5.91 Å². The molecule has 6 heteroatoms. The zero-order valence-corrected chi connectivity index (χ0v) is 11.4. The van der Waals surface area contributed by atoms with Crippen molar-refractivity contribution in [3.8, 4) is 17.2 Å². The molecule has 3 aromatic rings. The highest BCUT2D eigenvalue weighted by molar-refractivity contribution is 5.90.